The molecular weight excluding hydrogens is 192 g/mol. The van der Waals surface area contributed by atoms with Gasteiger partial charge in [-0.2, -0.15) is 0 Å². The molecule has 0 heterocycles. The fraction of sp³-hybridized carbons (Fsp3) is 0.500. The van der Waals surface area contributed by atoms with Crippen molar-refractivity contribution in [3.05, 3.63) is 24.3 Å². The molecule has 0 saturated heterocycles. The number of methoxy groups -OCH3 is 1. The van der Waals surface area contributed by atoms with Crippen LogP contribution >= 0.6 is 0 Å². The second-order valence-electron chi connectivity index (χ2n) is 3.93. The van der Waals surface area contributed by atoms with Gasteiger partial charge in [0.15, 0.2) is 5.78 Å². The lowest BCUT2D eigenvalue weighted by Gasteiger charge is -2.24. The van der Waals surface area contributed by atoms with Gasteiger partial charge in [-0.15, -0.1) is 0 Å². The summed E-state index contributed by atoms with van der Waals surface area (Å²) >= 11 is 0. The molecule has 0 bridgehead atoms. The van der Waals surface area contributed by atoms with E-state index >= 15 is 0 Å². The first-order valence-corrected chi connectivity index (χ1v) is 5.06. The van der Waals surface area contributed by atoms with Gasteiger partial charge in [-0.1, -0.05) is 18.2 Å². The van der Waals surface area contributed by atoms with Crippen LogP contribution in [-0.4, -0.2) is 18.9 Å². The maximum absolute atomic E-state index is 11.6. The number of carbonyl (C=O) groups is 2. The average molecular weight is 208 g/mol. The van der Waals surface area contributed by atoms with Crippen LogP contribution in [0, 0.1) is 5.41 Å². The molecule has 82 valence electrons. The van der Waals surface area contributed by atoms with E-state index < -0.39 is 5.41 Å². The summed E-state index contributed by atoms with van der Waals surface area (Å²) in [6.45, 7) is 1.90. The van der Waals surface area contributed by atoms with E-state index in [-0.39, 0.29) is 11.8 Å². The summed E-state index contributed by atoms with van der Waals surface area (Å²) in [5.74, 6) is -0.115. The molecule has 0 N–H and O–H groups in total. The lowest BCUT2D eigenvalue weighted by Crippen LogP contribution is -2.25. The first-order chi connectivity index (χ1) is 7.08. The number of esters is 1. The summed E-state index contributed by atoms with van der Waals surface area (Å²) in [6.07, 6.45) is 8.82. The van der Waals surface area contributed by atoms with Crippen LogP contribution in [0.25, 0.3) is 0 Å². The van der Waals surface area contributed by atoms with Crippen molar-refractivity contribution in [1.29, 1.82) is 0 Å². The minimum Gasteiger partial charge on any atom is -0.469 e. The summed E-state index contributed by atoms with van der Waals surface area (Å²) in [5.41, 5.74) is -0.442. The third kappa shape index (κ3) is 3.05. The Morgan fingerprint density at radius 3 is 2.80 bits per heavy atom. The Hall–Kier alpha value is -1.38. The molecule has 0 spiro atoms. The van der Waals surface area contributed by atoms with Gasteiger partial charge >= 0.3 is 5.97 Å². The molecule has 0 aromatic rings. The van der Waals surface area contributed by atoms with Crippen molar-refractivity contribution in [3.63, 3.8) is 0 Å². The van der Waals surface area contributed by atoms with E-state index in [1.54, 1.807) is 12.2 Å². The van der Waals surface area contributed by atoms with Gasteiger partial charge in [-0.25, -0.2) is 0 Å². The number of ketones is 1. The van der Waals surface area contributed by atoms with Crippen LogP contribution in [-0.2, 0) is 14.3 Å². The summed E-state index contributed by atoms with van der Waals surface area (Å²) in [4.78, 5) is 22.5. The number of hydrogen-bond acceptors (Lipinski definition) is 3. The minimum absolute atomic E-state index is 0.106. The van der Waals surface area contributed by atoms with Crippen LogP contribution in [0.4, 0.5) is 0 Å². The van der Waals surface area contributed by atoms with Crippen molar-refractivity contribution in [1.82, 2.24) is 0 Å². The zero-order valence-electron chi connectivity index (χ0n) is 9.16. The number of allylic oxidation sites excluding steroid dienone is 4. The van der Waals surface area contributed by atoms with Crippen molar-refractivity contribution in [2.45, 2.75) is 26.2 Å². The molecule has 1 rings (SSSR count). The lowest BCUT2D eigenvalue weighted by atomic mass is 9.78. The predicted molar refractivity (Wildman–Crippen MR) is 57.3 cm³/mol. The Balaban J connectivity index is 2.44. The molecular formula is C12H16O3. The molecule has 1 unspecified atom stereocenters. The Morgan fingerprint density at radius 2 is 2.20 bits per heavy atom. The largest absolute Gasteiger partial charge is 0.469 e. The van der Waals surface area contributed by atoms with Crippen LogP contribution in [0.15, 0.2) is 24.3 Å². The molecule has 0 aliphatic heterocycles. The van der Waals surface area contributed by atoms with Crippen LogP contribution in [0.5, 0.6) is 0 Å². The van der Waals surface area contributed by atoms with E-state index in [0.717, 1.165) is 0 Å². The van der Waals surface area contributed by atoms with Crippen molar-refractivity contribution >= 4 is 11.8 Å². The van der Waals surface area contributed by atoms with Gasteiger partial charge in [0.05, 0.1) is 7.11 Å². The molecule has 3 nitrogen and oxygen atoms in total. The van der Waals surface area contributed by atoms with E-state index in [0.29, 0.717) is 19.3 Å². The van der Waals surface area contributed by atoms with E-state index in [1.165, 1.54) is 7.11 Å². The van der Waals surface area contributed by atoms with Crippen molar-refractivity contribution in [2.75, 3.05) is 7.11 Å². The SMILES string of the molecule is COC(=O)CCCC1(C)C=CC=CC1=O. The van der Waals surface area contributed by atoms with E-state index in [9.17, 15) is 9.59 Å². The first kappa shape index (κ1) is 11.7. The van der Waals surface area contributed by atoms with Gasteiger partial charge in [-0.05, 0) is 25.8 Å². The maximum atomic E-state index is 11.6. The van der Waals surface area contributed by atoms with Crippen LogP contribution in [0.2, 0.25) is 0 Å². The van der Waals surface area contributed by atoms with Gasteiger partial charge in [0, 0.05) is 11.8 Å². The molecule has 0 aromatic heterocycles. The van der Waals surface area contributed by atoms with Gasteiger partial charge in [-0.3, -0.25) is 9.59 Å². The van der Waals surface area contributed by atoms with E-state index in [1.807, 2.05) is 19.1 Å². The first-order valence-electron chi connectivity index (χ1n) is 5.06. The third-order valence-electron chi connectivity index (χ3n) is 2.69. The third-order valence-corrected chi connectivity index (χ3v) is 2.69. The molecule has 0 saturated carbocycles. The number of hydrogen-bond donors (Lipinski definition) is 0. The standard InChI is InChI=1S/C12H16O3/c1-12(8-4-3-6-10(12)13)9-5-7-11(14)15-2/h3-4,6,8H,5,7,9H2,1-2H3. The van der Waals surface area contributed by atoms with Crippen molar-refractivity contribution in [2.24, 2.45) is 5.41 Å². The Labute approximate surface area is 89.8 Å². The predicted octanol–water partition coefficient (Wildman–Crippen LogP) is 2.03. The van der Waals surface area contributed by atoms with Crippen molar-refractivity contribution in [3.8, 4) is 0 Å². The van der Waals surface area contributed by atoms with Gasteiger partial charge in [0.1, 0.15) is 0 Å². The maximum Gasteiger partial charge on any atom is 0.305 e. The highest BCUT2D eigenvalue weighted by atomic mass is 16.5. The van der Waals surface area contributed by atoms with Gasteiger partial charge in [0.25, 0.3) is 0 Å². The second kappa shape index (κ2) is 4.91. The zero-order chi connectivity index (χ0) is 11.3. The van der Waals surface area contributed by atoms with E-state index in [2.05, 4.69) is 4.74 Å². The topological polar surface area (TPSA) is 43.4 Å². The quantitative estimate of drug-likeness (QED) is 0.664. The Kier molecular flexibility index (Phi) is 3.83. The molecule has 1 atom stereocenters. The molecule has 0 radical (unpaired) electrons. The summed E-state index contributed by atoms with van der Waals surface area (Å²) in [6, 6.07) is 0. The molecule has 3 heteroatoms. The van der Waals surface area contributed by atoms with Crippen LogP contribution in [0.1, 0.15) is 26.2 Å². The molecule has 0 fully saturated rings. The molecule has 0 amide bonds. The van der Waals surface area contributed by atoms with Gasteiger partial charge in [0.2, 0.25) is 0 Å². The molecule has 0 aromatic carbocycles. The van der Waals surface area contributed by atoms with Gasteiger partial charge < -0.3 is 4.74 Å². The van der Waals surface area contributed by atoms with E-state index in [4.69, 9.17) is 0 Å². The summed E-state index contributed by atoms with van der Waals surface area (Å²) in [5, 5.41) is 0. The molecule has 1 aliphatic carbocycles. The normalized spacial score (nSPS) is 24.3. The minimum atomic E-state index is -0.442. The molecule has 1 aliphatic rings. The number of ether oxygens (including phenoxy) is 1. The highest BCUT2D eigenvalue weighted by Gasteiger charge is 2.29. The highest BCUT2D eigenvalue weighted by molar-refractivity contribution is 5.97. The average Bonchev–Trinajstić information content (AvgIpc) is 2.22. The summed E-state index contributed by atoms with van der Waals surface area (Å²) < 4.78 is 4.54. The van der Waals surface area contributed by atoms with Crippen LogP contribution < -0.4 is 0 Å². The Morgan fingerprint density at radius 1 is 1.47 bits per heavy atom. The second-order valence-corrected chi connectivity index (χ2v) is 3.93. The highest BCUT2D eigenvalue weighted by Crippen LogP contribution is 2.29. The Bertz CT molecular complexity index is 315. The monoisotopic (exact) mass is 208 g/mol. The smallest absolute Gasteiger partial charge is 0.305 e. The van der Waals surface area contributed by atoms with Crippen molar-refractivity contribution < 1.29 is 14.3 Å². The number of rotatable bonds is 4. The lowest BCUT2D eigenvalue weighted by molar-refractivity contribution is -0.141. The van der Waals surface area contributed by atoms with Crippen LogP contribution in [0.3, 0.4) is 0 Å². The fourth-order valence-electron chi connectivity index (χ4n) is 1.59. The summed E-state index contributed by atoms with van der Waals surface area (Å²) in [7, 11) is 1.37. The number of carbonyl (C=O) groups excluding carboxylic acids is 2. The zero-order valence-corrected chi connectivity index (χ0v) is 9.16. The fourth-order valence-corrected chi connectivity index (χ4v) is 1.59. The molecule has 15 heavy (non-hydrogen) atoms.